The molecule has 0 spiro atoms. The van der Waals surface area contributed by atoms with E-state index in [1.807, 2.05) is 0 Å². The van der Waals surface area contributed by atoms with Gasteiger partial charge >= 0.3 is 5.97 Å². The van der Waals surface area contributed by atoms with Crippen molar-refractivity contribution in [3.05, 3.63) is 40.7 Å². The van der Waals surface area contributed by atoms with Crippen molar-refractivity contribution in [2.45, 2.75) is 19.8 Å². The summed E-state index contributed by atoms with van der Waals surface area (Å²) in [4.78, 5) is 15.4. The Hall–Kier alpha value is -1.89. The molecule has 0 radical (unpaired) electrons. The number of halogens is 3. The van der Waals surface area contributed by atoms with Gasteiger partial charge in [-0.25, -0.2) is 18.2 Å². The Kier molecular flexibility index (Phi) is 4.95. The fourth-order valence-electron chi connectivity index (χ4n) is 1.70. The molecule has 0 saturated heterocycles. The smallest absolute Gasteiger partial charge is 0.306 e. The first-order chi connectivity index (χ1) is 10.0. The number of hydrogen-bond donors (Lipinski definition) is 0. The van der Waals surface area contributed by atoms with E-state index in [0.29, 0.717) is 18.7 Å². The molecule has 3 nitrogen and oxygen atoms in total. The monoisotopic (exact) mass is 315 g/mol. The highest BCUT2D eigenvalue weighted by atomic mass is 32.1. The molecular weight excluding hydrogens is 303 g/mol. The molecule has 1 heterocycles. The minimum Gasteiger partial charge on any atom is -0.466 e. The van der Waals surface area contributed by atoms with E-state index in [2.05, 4.69) is 4.98 Å². The van der Waals surface area contributed by atoms with Crippen molar-refractivity contribution in [1.29, 1.82) is 0 Å². The van der Waals surface area contributed by atoms with Crippen LogP contribution in [0.3, 0.4) is 0 Å². The van der Waals surface area contributed by atoms with Crippen LogP contribution in [-0.2, 0) is 16.0 Å². The first kappa shape index (κ1) is 15.5. The third-order valence-corrected chi connectivity index (χ3v) is 3.63. The minimum absolute atomic E-state index is 0.0960. The van der Waals surface area contributed by atoms with Crippen LogP contribution in [0, 0.1) is 17.5 Å². The van der Waals surface area contributed by atoms with Gasteiger partial charge in [0.15, 0.2) is 17.5 Å². The van der Waals surface area contributed by atoms with Crippen LogP contribution < -0.4 is 0 Å². The van der Waals surface area contributed by atoms with Gasteiger partial charge in [0.2, 0.25) is 0 Å². The van der Waals surface area contributed by atoms with Crippen LogP contribution in [0.5, 0.6) is 0 Å². The molecule has 112 valence electrons. The highest BCUT2D eigenvalue weighted by molar-refractivity contribution is 7.13. The number of aryl methyl sites for hydroxylation is 1. The molecule has 0 amide bonds. The number of carbonyl (C=O) groups excluding carboxylic acids is 1. The summed E-state index contributed by atoms with van der Waals surface area (Å²) >= 11 is 1.10. The molecule has 21 heavy (non-hydrogen) atoms. The molecule has 2 aromatic rings. The topological polar surface area (TPSA) is 39.2 Å². The first-order valence-electron chi connectivity index (χ1n) is 6.26. The van der Waals surface area contributed by atoms with E-state index in [-0.39, 0.29) is 23.0 Å². The van der Waals surface area contributed by atoms with Gasteiger partial charge in [0.05, 0.1) is 18.7 Å². The lowest BCUT2D eigenvalue weighted by molar-refractivity contribution is -0.143. The number of thiazole rings is 1. The van der Waals surface area contributed by atoms with Gasteiger partial charge in [0.1, 0.15) is 5.01 Å². The lowest BCUT2D eigenvalue weighted by atomic mass is 10.2. The van der Waals surface area contributed by atoms with Crippen molar-refractivity contribution in [2.75, 3.05) is 6.61 Å². The maximum absolute atomic E-state index is 13.6. The van der Waals surface area contributed by atoms with E-state index in [4.69, 9.17) is 4.74 Å². The van der Waals surface area contributed by atoms with Gasteiger partial charge in [-0.15, -0.1) is 11.3 Å². The molecule has 0 unspecified atom stereocenters. The summed E-state index contributed by atoms with van der Waals surface area (Å²) in [5.74, 6) is -4.36. The summed E-state index contributed by atoms with van der Waals surface area (Å²) in [6.07, 6.45) is 0.512. The van der Waals surface area contributed by atoms with Gasteiger partial charge < -0.3 is 4.74 Å². The normalized spacial score (nSPS) is 10.7. The summed E-state index contributed by atoms with van der Waals surface area (Å²) in [5.41, 5.74) is 0.480. The summed E-state index contributed by atoms with van der Waals surface area (Å²) in [6, 6.07) is 2.00. The zero-order valence-corrected chi connectivity index (χ0v) is 12.0. The van der Waals surface area contributed by atoms with Crippen LogP contribution >= 0.6 is 11.3 Å². The van der Waals surface area contributed by atoms with Crippen LogP contribution in [0.2, 0.25) is 0 Å². The number of rotatable bonds is 5. The first-order valence-corrected chi connectivity index (χ1v) is 7.14. The van der Waals surface area contributed by atoms with E-state index >= 15 is 0 Å². The second-order valence-corrected chi connectivity index (χ2v) is 5.03. The van der Waals surface area contributed by atoms with Gasteiger partial charge in [0.25, 0.3) is 0 Å². The second-order valence-electron chi connectivity index (χ2n) is 4.17. The van der Waals surface area contributed by atoms with Crippen molar-refractivity contribution in [3.8, 4) is 10.6 Å². The molecule has 1 aromatic carbocycles. The zero-order chi connectivity index (χ0) is 15.4. The molecule has 0 aliphatic rings. The van der Waals surface area contributed by atoms with E-state index in [1.54, 1.807) is 12.3 Å². The van der Waals surface area contributed by atoms with Crippen molar-refractivity contribution in [1.82, 2.24) is 4.98 Å². The largest absolute Gasteiger partial charge is 0.466 e. The lowest BCUT2D eigenvalue weighted by Crippen LogP contribution is -2.05. The standard InChI is InChI=1S/C14H12F3NO2S/c1-2-20-11(19)6-3-8-7-21-14(18-8)9-4-5-10(15)13(17)12(9)16/h4-5,7H,2-3,6H2,1H3. The summed E-state index contributed by atoms with van der Waals surface area (Å²) in [7, 11) is 0. The maximum Gasteiger partial charge on any atom is 0.306 e. The van der Waals surface area contributed by atoms with Gasteiger partial charge in [-0.2, -0.15) is 0 Å². The Morgan fingerprint density at radius 2 is 2.05 bits per heavy atom. The Morgan fingerprint density at radius 1 is 1.29 bits per heavy atom. The van der Waals surface area contributed by atoms with Gasteiger partial charge in [-0.1, -0.05) is 0 Å². The average molecular weight is 315 g/mol. The van der Waals surface area contributed by atoms with Crippen LogP contribution in [0.15, 0.2) is 17.5 Å². The molecule has 0 fully saturated rings. The minimum atomic E-state index is -1.52. The van der Waals surface area contributed by atoms with E-state index < -0.39 is 17.5 Å². The summed E-state index contributed by atoms with van der Waals surface area (Å²) in [5, 5.41) is 1.89. The van der Waals surface area contributed by atoms with Gasteiger partial charge in [-0.05, 0) is 19.1 Å². The van der Waals surface area contributed by atoms with Crippen LogP contribution in [0.1, 0.15) is 19.0 Å². The van der Waals surface area contributed by atoms with Crippen molar-refractivity contribution >= 4 is 17.3 Å². The van der Waals surface area contributed by atoms with Crippen LogP contribution in [0.25, 0.3) is 10.6 Å². The maximum atomic E-state index is 13.6. The molecule has 0 N–H and O–H groups in total. The number of carbonyl (C=O) groups is 1. The van der Waals surface area contributed by atoms with Gasteiger partial charge in [-0.3, -0.25) is 4.79 Å². The number of benzene rings is 1. The molecule has 0 aliphatic carbocycles. The summed E-state index contributed by atoms with van der Waals surface area (Å²) < 4.78 is 44.5. The molecule has 0 aliphatic heterocycles. The zero-order valence-electron chi connectivity index (χ0n) is 11.2. The van der Waals surface area contributed by atoms with Crippen molar-refractivity contribution in [2.24, 2.45) is 0 Å². The Balaban J connectivity index is 2.13. The van der Waals surface area contributed by atoms with Gasteiger partial charge in [0, 0.05) is 17.4 Å². The third kappa shape index (κ3) is 3.60. The quantitative estimate of drug-likeness (QED) is 0.623. The molecule has 0 atom stereocenters. The molecular formula is C14H12F3NO2S. The van der Waals surface area contributed by atoms with Crippen molar-refractivity contribution in [3.63, 3.8) is 0 Å². The highest BCUT2D eigenvalue weighted by Crippen LogP contribution is 2.28. The molecule has 1 aromatic heterocycles. The van der Waals surface area contributed by atoms with E-state index in [9.17, 15) is 18.0 Å². The lowest BCUT2D eigenvalue weighted by Gasteiger charge is -2.01. The number of esters is 1. The third-order valence-electron chi connectivity index (χ3n) is 2.71. The fourth-order valence-corrected chi connectivity index (χ4v) is 2.57. The van der Waals surface area contributed by atoms with Crippen LogP contribution in [-0.4, -0.2) is 17.6 Å². The number of nitrogens with zero attached hydrogens (tertiary/aromatic N) is 1. The Labute approximate surface area is 123 Å². The molecule has 7 heteroatoms. The predicted molar refractivity (Wildman–Crippen MR) is 72.4 cm³/mol. The number of hydrogen-bond acceptors (Lipinski definition) is 4. The fraction of sp³-hybridized carbons (Fsp3) is 0.286. The highest BCUT2D eigenvalue weighted by Gasteiger charge is 2.17. The summed E-state index contributed by atoms with van der Waals surface area (Å²) in [6.45, 7) is 2.02. The molecule has 0 bridgehead atoms. The average Bonchev–Trinajstić information content (AvgIpc) is 2.92. The van der Waals surface area contributed by atoms with E-state index in [1.165, 1.54) is 0 Å². The van der Waals surface area contributed by atoms with Crippen LogP contribution in [0.4, 0.5) is 13.2 Å². The molecule has 0 saturated carbocycles. The Bertz CT molecular complexity index is 658. The van der Waals surface area contributed by atoms with E-state index in [0.717, 1.165) is 23.5 Å². The second kappa shape index (κ2) is 6.71. The molecule has 2 rings (SSSR count). The number of ether oxygens (including phenoxy) is 1. The Morgan fingerprint density at radius 3 is 2.76 bits per heavy atom. The number of aromatic nitrogens is 1. The van der Waals surface area contributed by atoms with Crippen molar-refractivity contribution < 1.29 is 22.7 Å². The predicted octanol–water partition coefficient (Wildman–Crippen LogP) is 3.72. The SMILES string of the molecule is CCOC(=O)CCc1csc(-c2ccc(F)c(F)c2F)n1.